The lowest BCUT2D eigenvalue weighted by Crippen LogP contribution is -2.26. The van der Waals surface area contributed by atoms with E-state index in [0.29, 0.717) is 18.4 Å². The number of ether oxygens (including phenoxy) is 4. The molecule has 5 aromatic rings. The van der Waals surface area contributed by atoms with Crippen LogP contribution in [0.3, 0.4) is 0 Å². The molecule has 0 spiro atoms. The Bertz CT molecular complexity index is 2700. The molecule has 1 aromatic heterocycles. The molecule has 14 nitrogen and oxygen atoms in total. The average molecular weight is 1060 g/mol. The van der Waals surface area contributed by atoms with E-state index in [1.54, 1.807) is 55.7 Å². The molecule has 0 atom stereocenters. The predicted molar refractivity (Wildman–Crippen MR) is 284 cm³/mol. The third-order valence-corrected chi connectivity index (χ3v) is 12.9. The van der Waals surface area contributed by atoms with Gasteiger partial charge in [-0.25, -0.2) is 15.3 Å². The number of carboxylic acids is 1. The highest BCUT2D eigenvalue weighted by atomic mass is 79.9. The van der Waals surface area contributed by atoms with Crippen molar-refractivity contribution in [3.8, 4) is 23.0 Å². The second-order valence-electron chi connectivity index (χ2n) is 16.9. The van der Waals surface area contributed by atoms with Gasteiger partial charge in [0.15, 0.2) is 6.29 Å². The van der Waals surface area contributed by atoms with Crippen molar-refractivity contribution in [3.05, 3.63) is 135 Å². The number of alkyl halides is 1. The number of methoxy groups -OCH3 is 4. The van der Waals surface area contributed by atoms with Crippen LogP contribution in [0.25, 0.3) is 29.1 Å². The molecule has 2 N–H and O–H groups in total. The average Bonchev–Trinajstić information content (AvgIpc) is 4.23. The summed E-state index contributed by atoms with van der Waals surface area (Å²) in [7, 11) is 12.9. The Kier molecular flexibility index (Phi) is 23.1. The summed E-state index contributed by atoms with van der Waals surface area (Å²) >= 11 is 3.38. The number of aliphatic carboxylic acids is 1. The van der Waals surface area contributed by atoms with Crippen LogP contribution in [0.4, 0.5) is 0 Å². The van der Waals surface area contributed by atoms with Gasteiger partial charge in [-0.15, -0.1) is 12.4 Å². The van der Waals surface area contributed by atoms with Gasteiger partial charge in [-0.2, -0.15) is 0 Å². The Balaban J connectivity index is 0.000000194. The van der Waals surface area contributed by atoms with Gasteiger partial charge in [-0.1, -0.05) is 34.1 Å². The molecule has 5 aliphatic carbocycles. The first kappa shape index (κ1) is 57.3. The van der Waals surface area contributed by atoms with Crippen LogP contribution in [-0.4, -0.2) is 101 Å². The Hall–Kier alpha value is -6.23. The smallest absolute Gasteiger partial charge is 0.331 e. The lowest BCUT2D eigenvalue weighted by atomic mass is 10.1. The molecular weight excluding hydrogens is 994 g/mol. The molecule has 0 bridgehead atoms. The number of carbonyl (C=O) groups excluding carboxylic acids is 3. The number of hydrogen-bond acceptors (Lipinski definition) is 11. The third kappa shape index (κ3) is 16.7. The molecule has 1 amide bonds. The summed E-state index contributed by atoms with van der Waals surface area (Å²) in [6.45, 7) is 0.949. The summed E-state index contributed by atoms with van der Waals surface area (Å²) in [5.41, 5.74) is 12.8. The van der Waals surface area contributed by atoms with Crippen molar-refractivity contribution in [2.24, 2.45) is 11.8 Å². The van der Waals surface area contributed by atoms with E-state index < -0.39 is 5.97 Å². The number of benzene rings is 4. The molecule has 0 unspecified atom stereocenters. The van der Waals surface area contributed by atoms with Crippen molar-refractivity contribution in [1.29, 1.82) is 0 Å². The van der Waals surface area contributed by atoms with Crippen LogP contribution in [0.15, 0.2) is 95.6 Å². The van der Waals surface area contributed by atoms with E-state index in [0.717, 1.165) is 116 Å². The first-order valence-corrected chi connectivity index (χ1v) is 24.0. The number of fused-ring (bicyclic) bond motifs is 4. The minimum absolute atomic E-state index is 0. The first-order valence-electron chi connectivity index (χ1n) is 22.9. The van der Waals surface area contributed by atoms with Crippen LogP contribution in [0.2, 0.25) is 0 Å². The quantitative estimate of drug-likeness (QED) is 0.0653. The Morgan fingerprint density at radius 3 is 1.56 bits per heavy atom. The number of rotatable bonds is 13. The molecule has 4 aromatic carbocycles. The molecule has 2 saturated carbocycles. The van der Waals surface area contributed by atoms with Gasteiger partial charge in [0.2, 0.25) is 0 Å². The van der Waals surface area contributed by atoms with Crippen molar-refractivity contribution >= 4 is 81.9 Å². The fourth-order valence-electron chi connectivity index (χ4n) is 7.52. The second-order valence-corrected chi connectivity index (χ2v) is 17.5. The molecule has 71 heavy (non-hydrogen) atoms. The van der Waals surface area contributed by atoms with Crippen LogP contribution in [0.1, 0.15) is 69.6 Å². The standard InChI is InChI=1S/C14H15NO2.C13H15NO3.C11H10O3.C11H10O2.C4H7Br.C2H7NO.ClH/c1-17-13-5-4-11-6-12(9-16)15(14(11)7-13)8-10-2-3-10;1-14(17-3)13(15)11-6-9-4-5-12(16-2)8-10(9)7-11;1-14-10-3-2-7-4-9(11(12)13)5-8(7)6-10;1-13-11-3-2-9-4-8(7-12)5-10(9)6-11;5-3-4-1-2-4;1-3-4-2;/h4-7,9-10H,2-3,8H2,1H3;4-6,8H,7H2,1-3H3;2-4,6H,5H2,1H3,(H,12,13);2-4,6-7H,5H2,1H3;4H,1-3H2;3H,1-2H3;1H. The van der Waals surface area contributed by atoms with Gasteiger partial charge in [0.25, 0.3) is 5.91 Å². The molecule has 5 aliphatic rings. The fraction of sp³-hybridized carbons (Fsp3) is 0.345. The van der Waals surface area contributed by atoms with Gasteiger partial charge >= 0.3 is 5.97 Å². The van der Waals surface area contributed by atoms with Crippen LogP contribution < -0.4 is 24.4 Å². The molecule has 0 saturated heterocycles. The lowest BCUT2D eigenvalue weighted by Gasteiger charge is -2.13. The van der Waals surface area contributed by atoms with E-state index in [-0.39, 0.29) is 18.3 Å². The maximum Gasteiger partial charge on any atom is 0.331 e. The number of halogens is 2. The molecule has 2 fully saturated rings. The number of hydroxylamine groups is 3. The van der Waals surface area contributed by atoms with Gasteiger partial charge in [0.05, 0.1) is 53.9 Å². The Labute approximate surface area is 431 Å². The summed E-state index contributed by atoms with van der Waals surface area (Å²) in [6, 6.07) is 25.1. The third-order valence-electron chi connectivity index (χ3n) is 12.0. The summed E-state index contributed by atoms with van der Waals surface area (Å²) in [6.07, 6.45) is 14.7. The zero-order chi connectivity index (χ0) is 50.7. The number of nitrogens with one attached hydrogen (secondary N) is 1. The summed E-state index contributed by atoms with van der Waals surface area (Å²) in [5, 5.41) is 12.4. The first-order chi connectivity index (χ1) is 33.8. The van der Waals surface area contributed by atoms with E-state index in [1.807, 2.05) is 91.0 Å². The maximum absolute atomic E-state index is 11.9. The molecule has 16 heteroatoms. The molecule has 1 heterocycles. The van der Waals surface area contributed by atoms with Crippen molar-refractivity contribution in [2.45, 2.75) is 51.5 Å². The van der Waals surface area contributed by atoms with Crippen molar-refractivity contribution in [2.75, 3.05) is 62.1 Å². The largest absolute Gasteiger partial charge is 0.497 e. The number of carboxylic acid groups (broad SMARTS) is 1. The maximum atomic E-state index is 11.9. The number of aromatic nitrogens is 1. The number of likely N-dealkylation sites (N-methyl/N-ethyl adjacent to an activating group) is 1. The summed E-state index contributed by atoms with van der Waals surface area (Å²) in [4.78, 5) is 53.4. The van der Waals surface area contributed by atoms with Crippen LogP contribution in [-0.2, 0) is 49.9 Å². The number of amides is 1. The zero-order valence-corrected chi connectivity index (χ0v) is 44.0. The Morgan fingerprint density at radius 1 is 0.676 bits per heavy atom. The van der Waals surface area contributed by atoms with Gasteiger partial charge in [0, 0.05) is 67.8 Å². The molecule has 0 aliphatic heterocycles. The van der Waals surface area contributed by atoms with E-state index in [4.69, 9.17) is 28.9 Å². The van der Waals surface area contributed by atoms with Crippen molar-refractivity contribution in [3.63, 3.8) is 0 Å². The van der Waals surface area contributed by atoms with E-state index >= 15 is 0 Å². The second kappa shape index (κ2) is 28.6. The lowest BCUT2D eigenvalue weighted by molar-refractivity contribution is -0.163. The number of aldehydes is 2. The number of carbonyl (C=O) groups is 4. The van der Waals surface area contributed by atoms with Gasteiger partial charge in [0.1, 0.15) is 29.3 Å². The Morgan fingerprint density at radius 2 is 1.14 bits per heavy atom. The number of hydrogen-bond donors (Lipinski definition) is 2. The van der Waals surface area contributed by atoms with E-state index in [1.165, 1.54) is 48.7 Å². The van der Waals surface area contributed by atoms with Crippen molar-refractivity contribution < 1.29 is 52.9 Å². The molecule has 0 radical (unpaired) electrons. The molecular formula is C55H65BrClN3O11. The highest BCUT2D eigenvalue weighted by molar-refractivity contribution is 9.09. The van der Waals surface area contributed by atoms with Crippen LogP contribution >= 0.6 is 28.3 Å². The topological polar surface area (TPSA) is 164 Å². The van der Waals surface area contributed by atoms with Gasteiger partial charge < -0.3 is 33.5 Å². The normalized spacial score (nSPS) is 13.9. The minimum Gasteiger partial charge on any atom is -0.497 e. The van der Waals surface area contributed by atoms with E-state index in [2.05, 4.69) is 30.8 Å². The monoisotopic (exact) mass is 1060 g/mol. The molecule has 10 rings (SSSR count). The SMILES string of the molecule is BrCC1CC1.CNOC.COc1ccc2c(c1)CC(C(=O)N(C)OC)=C2.COc1ccc2c(c1)CC(C(=O)O)=C2.COc1ccc2c(c1)CC(C=O)=C2.COc1ccc2cc(C=O)n(CC3CC3)c2c1.Cl. The summed E-state index contributed by atoms with van der Waals surface area (Å²) in [5.74, 6) is 4.10. The summed E-state index contributed by atoms with van der Waals surface area (Å²) < 4.78 is 22.7. The van der Waals surface area contributed by atoms with Gasteiger partial charge in [-0.05, 0) is 149 Å². The molecule has 380 valence electrons. The number of allylic oxidation sites excluding steroid dienone is 1. The van der Waals surface area contributed by atoms with Crippen LogP contribution in [0.5, 0.6) is 23.0 Å². The number of nitrogens with zero attached hydrogens (tertiary/aromatic N) is 2. The van der Waals surface area contributed by atoms with Gasteiger partial charge in [-0.3, -0.25) is 19.2 Å². The van der Waals surface area contributed by atoms with E-state index in [9.17, 15) is 19.2 Å². The van der Waals surface area contributed by atoms with Crippen LogP contribution in [0, 0.1) is 11.8 Å². The minimum atomic E-state index is -0.847. The van der Waals surface area contributed by atoms with Crippen molar-refractivity contribution in [1.82, 2.24) is 15.1 Å². The predicted octanol–water partition coefficient (Wildman–Crippen LogP) is 10.1. The fourth-order valence-corrected chi connectivity index (χ4v) is 8.17. The zero-order valence-electron chi connectivity index (χ0n) is 41.6. The highest BCUT2D eigenvalue weighted by Gasteiger charge is 2.24. The highest BCUT2D eigenvalue weighted by Crippen LogP contribution is 2.35.